The number of rotatable bonds is 3. The van der Waals surface area contributed by atoms with Gasteiger partial charge in [-0.15, -0.1) is 0 Å². The minimum Gasteiger partial charge on any atom is -0.495 e. The fourth-order valence-electron chi connectivity index (χ4n) is 2.04. The molecule has 0 spiro atoms. The lowest BCUT2D eigenvalue weighted by Crippen LogP contribution is -1.95. The van der Waals surface area contributed by atoms with Gasteiger partial charge in [0.05, 0.1) is 12.8 Å². The van der Waals surface area contributed by atoms with Crippen LogP contribution < -0.4 is 10.5 Å². The molecule has 2 N–H and O–H groups in total. The van der Waals surface area contributed by atoms with Crippen molar-refractivity contribution in [2.75, 3.05) is 12.8 Å². The molecule has 2 aromatic rings. The van der Waals surface area contributed by atoms with Gasteiger partial charge in [-0.05, 0) is 54.7 Å². The summed E-state index contributed by atoms with van der Waals surface area (Å²) in [7, 11) is 1.63. The summed E-state index contributed by atoms with van der Waals surface area (Å²) < 4.78 is 5.16. The van der Waals surface area contributed by atoms with E-state index in [0.717, 1.165) is 12.2 Å². The highest BCUT2D eigenvalue weighted by Crippen LogP contribution is 2.23. The third kappa shape index (κ3) is 2.65. The second-order valence-electron chi connectivity index (χ2n) is 4.67. The highest BCUT2D eigenvalue weighted by atomic mass is 16.5. The number of nitrogens with two attached hydrogens (primary N) is 1. The van der Waals surface area contributed by atoms with Crippen molar-refractivity contribution in [1.82, 2.24) is 0 Å². The van der Waals surface area contributed by atoms with Crippen LogP contribution in [0.2, 0.25) is 0 Å². The Labute approximate surface area is 108 Å². The van der Waals surface area contributed by atoms with Gasteiger partial charge >= 0.3 is 0 Å². The highest BCUT2D eigenvalue weighted by Gasteiger charge is 2.03. The average molecular weight is 241 g/mol. The van der Waals surface area contributed by atoms with Crippen LogP contribution in [0.3, 0.4) is 0 Å². The van der Waals surface area contributed by atoms with Crippen LogP contribution in [0.4, 0.5) is 5.69 Å². The molecule has 18 heavy (non-hydrogen) atoms. The van der Waals surface area contributed by atoms with Gasteiger partial charge in [-0.1, -0.05) is 24.3 Å². The van der Waals surface area contributed by atoms with Crippen LogP contribution in [-0.2, 0) is 6.42 Å². The first kappa shape index (κ1) is 12.5. The van der Waals surface area contributed by atoms with Crippen LogP contribution in [0.1, 0.15) is 22.3 Å². The number of benzene rings is 2. The molecule has 0 saturated heterocycles. The van der Waals surface area contributed by atoms with Gasteiger partial charge < -0.3 is 10.5 Å². The largest absolute Gasteiger partial charge is 0.495 e. The summed E-state index contributed by atoms with van der Waals surface area (Å²) >= 11 is 0. The van der Waals surface area contributed by atoms with Gasteiger partial charge in [0.2, 0.25) is 0 Å². The predicted molar refractivity (Wildman–Crippen MR) is 76.1 cm³/mol. The molecule has 0 amide bonds. The molecule has 0 bridgehead atoms. The number of anilines is 1. The van der Waals surface area contributed by atoms with Crippen LogP contribution in [0.15, 0.2) is 36.4 Å². The second kappa shape index (κ2) is 5.13. The minimum absolute atomic E-state index is 0.693. The van der Waals surface area contributed by atoms with Crippen molar-refractivity contribution in [3.05, 3.63) is 58.7 Å². The lowest BCUT2D eigenvalue weighted by Gasteiger charge is -2.08. The topological polar surface area (TPSA) is 35.2 Å². The van der Waals surface area contributed by atoms with Gasteiger partial charge in [-0.3, -0.25) is 0 Å². The third-order valence-electron chi connectivity index (χ3n) is 3.27. The van der Waals surface area contributed by atoms with E-state index in [1.165, 1.54) is 22.3 Å². The summed E-state index contributed by atoms with van der Waals surface area (Å²) in [4.78, 5) is 0. The number of hydrogen-bond acceptors (Lipinski definition) is 2. The molecule has 2 nitrogen and oxygen atoms in total. The maximum absolute atomic E-state index is 5.91. The zero-order valence-electron chi connectivity index (χ0n) is 11.2. The van der Waals surface area contributed by atoms with E-state index in [4.69, 9.17) is 10.5 Å². The zero-order valence-corrected chi connectivity index (χ0v) is 11.2. The van der Waals surface area contributed by atoms with E-state index in [-0.39, 0.29) is 0 Å². The molecule has 0 radical (unpaired) electrons. The first-order valence-corrected chi connectivity index (χ1v) is 6.08. The standard InChI is InChI=1S/C16H19NO/c1-11-4-5-13(8-12(11)2)9-14-6-7-16(18-3)15(17)10-14/h4-8,10H,9,17H2,1-3H3. The predicted octanol–water partition coefficient (Wildman–Crippen LogP) is 3.49. The van der Waals surface area contributed by atoms with Crippen molar-refractivity contribution in [2.45, 2.75) is 20.3 Å². The van der Waals surface area contributed by atoms with Crippen molar-refractivity contribution < 1.29 is 4.74 Å². The van der Waals surface area contributed by atoms with Crippen LogP contribution in [0, 0.1) is 13.8 Å². The molecular weight excluding hydrogens is 222 g/mol. The van der Waals surface area contributed by atoms with Gasteiger partial charge in [-0.2, -0.15) is 0 Å². The van der Waals surface area contributed by atoms with Gasteiger partial charge in [0.25, 0.3) is 0 Å². The third-order valence-corrected chi connectivity index (χ3v) is 3.27. The number of ether oxygens (including phenoxy) is 1. The van der Waals surface area contributed by atoms with Crippen LogP contribution in [-0.4, -0.2) is 7.11 Å². The first-order valence-electron chi connectivity index (χ1n) is 6.08. The molecule has 0 atom stereocenters. The maximum atomic E-state index is 5.91. The molecule has 0 aliphatic heterocycles. The average Bonchev–Trinajstić information content (AvgIpc) is 2.34. The molecule has 0 aliphatic carbocycles. The normalized spacial score (nSPS) is 10.4. The Bertz CT molecular complexity index is 561. The molecule has 0 fully saturated rings. The lowest BCUT2D eigenvalue weighted by molar-refractivity contribution is 0.417. The molecule has 94 valence electrons. The fraction of sp³-hybridized carbons (Fsp3) is 0.250. The summed E-state index contributed by atoms with van der Waals surface area (Å²) in [5.74, 6) is 0.735. The van der Waals surface area contributed by atoms with Crippen LogP contribution in [0.5, 0.6) is 5.75 Å². The Morgan fingerprint density at radius 2 is 1.61 bits per heavy atom. The smallest absolute Gasteiger partial charge is 0.141 e. The number of aryl methyl sites for hydroxylation is 2. The highest BCUT2D eigenvalue weighted by molar-refractivity contribution is 5.54. The van der Waals surface area contributed by atoms with Gasteiger partial charge in [0.1, 0.15) is 5.75 Å². The lowest BCUT2D eigenvalue weighted by atomic mass is 10.00. The van der Waals surface area contributed by atoms with E-state index in [2.05, 4.69) is 38.1 Å². The second-order valence-corrected chi connectivity index (χ2v) is 4.67. The Morgan fingerprint density at radius 3 is 2.22 bits per heavy atom. The van der Waals surface area contributed by atoms with Crippen molar-refractivity contribution >= 4 is 5.69 Å². The molecule has 0 saturated carbocycles. The molecular formula is C16H19NO. The summed E-state index contributed by atoms with van der Waals surface area (Å²) in [6.07, 6.45) is 0.898. The van der Waals surface area contributed by atoms with Crippen molar-refractivity contribution in [2.24, 2.45) is 0 Å². The van der Waals surface area contributed by atoms with E-state index in [0.29, 0.717) is 5.69 Å². The molecule has 0 heterocycles. The molecule has 2 heteroatoms. The first-order chi connectivity index (χ1) is 8.60. The summed E-state index contributed by atoms with van der Waals surface area (Å²) in [5.41, 5.74) is 11.8. The molecule has 0 aliphatic rings. The number of methoxy groups -OCH3 is 1. The minimum atomic E-state index is 0.693. The molecule has 2 aromatic carbocycles. The summed E-state index contributed by atoms with van der Waals surface area (Å²) in [6, 6.07) is 12.5. The summed E-state index contributed by atoms with van der Waals surface area (Å²) in [5, 5.41) is 0. The van der Waals surface area contributed by atoms with E-state index in [1.807, 2.05) is 12.1 Å². The Balaban J connectivity index is 2.23. The number of nitrogen functional groups attached to an aromatic ring is 1. The van der Waals surface area contributed by atoms with Gasteiger partial charge in [0, 0.05) is 0 Å². The molecule has 0 aromatic heterocycles. The van der Waals surface area contributed by atoms with Crippen LogP contribution >= 0.6 is 0 Å². The van der Waals surface area contributed by atoms with Gasteiger partial charge in [-0.25, -0.2) is 0 Å². The zero-order chi connectivity index (χ0) is 13.1. The quantitative estimate of drug-likeness (QED) is 0.835. The van der Waals surface area contributed by atoms with Crippen LogP contribution in [0.25, 0.3) is 0 Å². The van der Waals surface area contributed by atoms with E-state index in [1.54, 1.807) is 7.11 Å². The van der Waals surface area contributed by atoms with Crippen molar-refractivity contribution in [3.63, 3.8) is 0 Å². The maximum Gasteiger partial charge on any atom is 0.141 e. The molecule has 0 unspecified atom stereocenters. The summed E-state index contributed by atoms with van der Waals surface area (Å²) in [6.45, 7) is 4.27. The number of hydrogen-bond donors (Lipinski definition) is 1. The Hall–Kier alpha value is -1.96. The van der Waals surface area contributed by atoms with E-state index < -0.39 is 0 Å². The molecule has 2 rings (SSSR count). The van der Waals surface area contributed by atoms with Crippen molar-refractivity contribution in [1.29, 1.82) is 0 Å². The monoisotopic (exact) mass is 241 g/mol. The Kier molecular flexibility index (Phi) is 3.56. The van der Waals surface area contributed by atoms with Crippen molar-refractivity contribution in [3.8, 4) is 5.75 Å². The van der Waals surface area contributed by atoms with Gasteiger partial charge in [0.15, 0.2) is 0 Å². The SMILES string of the molecule is COc1ccc(Cc2ccc(C)c(C)c2)cc1N. The fourth-order valence-corrected chi connectivity index (χ4v) is 2.04. The van der Waals surface area contributed by atoms with E-state index >= 15 is 0 Å². The van der Waals surface area contributed by atoms with E-state index in [9.17, 15) is 0 Å². The Morgan fingerprint density at radius 1 is 0.944 bits per heavy atom.